The van der Waals surface area contributed by atoms with Gasteiger partial charge in [0.1, 0.15) is 5.69 Å². The molecule has 1 heterocycles. The van der Waals surface area contributed by atoms with Gasteiger partial charge < -0.3 is 5.73 Å². The van der Waals surface area contributed by atoms with Crippen LogP contribution in [0.15, 0.2) is 0 Å². The van der Waals surface area contributed by atoms with Crippen LogP contribution in [0.3, 0.4) is 0 Å². The summed E-state index contributed by atoms with van der Waals surface area (Å²) < 4.78 is 77.4. The molecule has 0 saturated heterocycles. The van der Waals surface area contributed by atoms with E-state index in [9.17, 15) is 26.3 Å². The van der Waals surface area contributed by atoms with Crippen molar-refractivity contribution in [3.05, 3.63) is 17.0 Å². The van der Waals surface area contributed by atoms with E-state index in [1.54, 1.807) is 6.92 Å². The highest BCUT2D eigenvalue weighted by Gasteiger charge is 2.45. The van der Waals surface area contributed by atoms with Gasteiger partial charge in [-0.3, -0.25) is 4.68 Å². The van der Waals surface area contributed by atoms with Gasteiger partial charge in [0.25, 0.3) is 0 Å². The first kappa shape index (κ1) is 17.8. The number of nitrogens with two attached hydrogens (primary N) is 1. The molecule has 0 aliphatic carbocycles. The topological polar surface area (TPSA) is 43.8 Å². The zero-order valence-electron chi connectivity index (χ0n) is 11.6. The summed E-state index contributed by atoms with van der Waals surface area (Å²) in [6.45, 7) is 1.80. The molecule has 9 heteroatoms. The SMILES string of the molecule is CCC(N)CCCc1c(C(F)(F)F)nn(C)c1C(F)(F)F. The number of aromatic nitrogens is 2. The van der Waals surface area contributed by atoms with Gasteiger partial charge in [-0.15, -0.1) is 0 Å². The first-order valence-corrected chi connectivity index (χ1v) is 6.44. The molecular formula is C12H17F6N3. The van der Waals surface area contributed by atoms with E-state index < -0.39 is 29.3 Å². The fourth-order valence-corrected chi connectivity index (χ4v) is 2.13. The van der Waals surface area contributed by atoms with Crippen molar-refractivity contribution in [1.82, 2.24) is 9.78 Å². The lowest BCUT2D eigenvalue weighted by molar-refractivity contribution is -0.145. The van der Waals surface area contributed by atoms with Crippen molar-refractivity contribution >= 4 is 0 Å². The Kier molecular flexibility index (Phi) is 5.30. The van der Waals surface area contributed by atoms with Gasteiger partial charge in [-0.2, -0.15) is 31.4 Å². The Bertz CT molecular complexity index is 475. The maximum absolute atomic E-state index is 12.9. The third-order valence-corrected chi connectivity index (χ3v) is 3.21. The highest BCUT2D eigenvalue weighted by molar-refractivity contribution is 5.30. The van der Waals surface area contributed by atoms with Gasteiger partial charge >= 0.3 is 12.4 Å². The number of nitrogens with zero attached hydrogens (tertiary/aromatic N) is 2. The average molecular weight is 317 g/mol. The van der Waals surface area contributed by atoms with Crippen LogP contribution in [-0.2, 0) is 25.8 Å². The fraction of sp³-hybridized carbons (Fsp3) is 0.750. The minimum atomic E-state index is -4.91. The first-order valence-electron chi connectivity index (χ1n) is 6.44. The van der Waals surface area contributed by atoms with Crippen molar-refractivity contribution in [1.29, 1.82) is 0 Å². The Morgan fingerprint density at radius 1 is 1.14 bits per heavy atom. The molecule has 0 aliphatic heterocycles. The van der Waals surface area contributed by atoms with E-state index in [1.165, 1.54) is 0 Å². The molecule has 0 aromatic carbocycles. The molecule has 122 valence electrons. The van der Waals surface area contributed by atoms with Crippen LogP contribution in [0.2, 0.25) is 0 Å². The molecule has 0 amide bonds. The average Bonchev–Trinajstić information content (AvgIpc) is 2.65. The first-order chi connectivity index (χ1) is 9.48. The lowest BCUT2D eigenvalue weighted by Gasteiger charge is -2.12. The maximum atomic E-state index is 12.9. The predicted molar refractivity (Wildman–Crippen MR) is 64.4 cm³/mol. The monoisotopic (exact) mass is 317 g/mol. The molecule has 0 radical (unpaired) electrons. The smallest absolute Gasteiger partial charge is 0.328 e. The highest BCUT2D eigenvalue weighted by atomic mass is 19.4. The van der Waals surface area contributed by atoms with Gasteiger partial charge in [-0.05, 0) is 25.7 Å². The Labute approximate surface area is 118 Å². The van der Waals surface area contributed by atoms with Crippen molar-refractivity contribution in [2.24, 2.45) is 12.8 Å². The van der Waals surface area contributed by atoms with Crippen molar-refractivity contribution in [2.45, 2.75) is 51.0 Å². The molecule has 0 aliphatic rings. The van der Waals surface area contributed by atoms with E-state index >= 15 is 0 Å². The highest BCUT2D eigenvalue weighted by Crippen LogP contribution is 2.39. The van der Waals surface area contributed by atoms with E-state index in [-0.39, 0.29) is 23.6 Å². The molecule has 1 rings (SSSR count). The summed E-state index contributed by atoms with van der Waals surface area (Å²) >= 11 is 0. The number of hydrogen-bond acceptors (Lipinski definition) is 2. The third-order valence-electron chi connectivity index (χ3n) is 3.21. The minimum absolute atomic E-state index is 0.146. The van der Waals surface area contributed by atoms with Crippen molar-refractivity contribution in [3.8, 4) is 0 Å². The van der Waals surface area contributed by atoms with Crippen LogP contribution in [0, 0.1) is 0 Å². The molecule has 1 aromatic heterocycles. The van der Waals surface area contributed by atoms with E-state index in [4.69, 9.17) is 5.73 Å². The second-order valence-corrected chi connectivity index (χ2v) is 4.86. The van der Waals surface area contributed by atoms with Gasteiger partial charge in [0.15, 0.2) is 5.69 Å². The maximum Gasteiger partial charge on any atom is 0.435 e. The quantitative estimate of drug-likeness (QED) is 0.845. The van der Waals surface area contributed by atoms with E-state index in [0.717, 1.165) is 7.05 Å². The van der Waals surface area contributed by atoms with Gasteiger partial charge in [0, 0.05) is 18.7 Å². The second-order valence-electron chi connectivity index (χ2n) is 4.86. The Balaban J connectivity index is 3.13. The van der Waals surface area contributed by atoms with E-state index in [1.807, 2.05) is 0 Å². The Morgan fingerprint density at radius 2 is 1.71 bits per heavy atom. The second kappa shape index (κ2) is 6.25. The third kappa shape index (κ3) is 4.36. The Morgan fingerprint density at radius 3 is 2.14 bits per heavy atom. The van der Waals surface area contributed by atoms with Crippen molar-refractivity contribution in [2.75, 3.05) is 0 Å². The number of alkyl halides is 6. The van der Waals surface area contributed by atoms with Crippen LogP contribution in [0.4, 0.5) is 26.3 Å². The Hall–Kier alpha value is -1.25. The normalized spacial score (nSPS) is 14.5. The summed E-state index contributed by atoms with van der Waals surface area (Å²) in [5, 5.41) is 3.01. The van der Waals surface area contributed by atoms with E-state index in [2.05, 4.69) is 5.10 Å². The van der Waals surface area contributed by atoms with Crippen LogP contribution < -0.4 is 5.73 Å². The summed E-state index contributed by atoms with van der Waals surface area (Å²) in [7, 11) is 0.860. The molecule has 1 unspecified atom stereocenters. The molecule has 0 saturated carbocycles. The zero-order chi connectivity index (χ0) is 16.4. The van der Waals surface area contributed by atoms with Crippen LogP contribution >= 0.6 is 0 Å². The number of halogens is 6. The largest absolute Gasteiger partial charge is 0.435 e. The fourth-order valence-electron chi connectivity index (χ4n) is 2.13. The molecule has 1 atom stereocenters. The predicted octanol–water partition coefficient (Wildman–Crippen LogP) is 3.52. The molecule has 1 aromatic rings. The van der Waals surface area contributed by atoms with Gasteiger partial charge in [0.2, 0.25) is 0 Å². The molecule has 2 N–H and O–H groups in total. The van der Waals surface area contributed by atoms with Gasteiger partial charge in [0.05, 0.1) is 0 Å². The van der Waals surface area contributed by atoms with Crippen LogP contribution in [0.5, 0.6) is 0 Å². The summed E-state index contributed by atoms with van der Waals surface area (Å²) in [5.41, 5.74) is 2.00. The van der Waals surface area contributed by atoms with E-state index in [0.29, 0.717) is 12.8 Å². The van der Waals surface area contributed by atoms with Crippen LogP contribution in [0.1, 0.15) is 43.1 Å². The zero-order valence-corrected chi connectivity index (χ0v) is 11.6. The minimum Gasteiger partial charge on any atom is -0.328 e. The summed E-state index contributed by atoms with van der Waals surface area (Å²) in [6.07, 6.45) is -9.03. The van der Waals surface area contributed by atoms with Crippen LogP contribution in [0.25, 0.3) is 0 Å². The van der Waals surface area contributed by atoms with Crippen molar-refractivity contribution < 1.29 is 26.3 Å². The molecule has 0 fully saturated rings. The summed E-state index contributed by atoms with van der Waals surface area (Å²) in [5.74, 6) is 0. The molecule has 21 heavy (non-hydrogen) atoms. The standard InChI is InChI=1S/C12H17F6N3/c1-3-7(19)5-4-6-8-9(11(13,14)15)20-21(2)10(8)12(16,17)18/h7H,3-6,19H2,1-2H3. The van der Waals surface area contributed by atoms with Crippen molar-refractivity contribution in [3.63, 3.8) is 0 Å². The van der Waals surface area contributed by atoms with Gasteiger partial charge in [-0.25, -0.2) is 0 Å². The summed E-state index contributed by atoms with van der Waals surface area (Å²) in [6, 6.07) is -0.231. The number of aryl methyl sites for hydroxylation is 1. The lowest BCUT2D eigenvalue weighted by Crippen LogP contribution is -2.19. The number of rotatable bonds is 5. The molecule has 0 spiro atoms. The number of hydrogen-bond donors (Lipinski definition) is 1. The van der Waals surface area contributed by atoms with Crippen LogP contribution in [-0.4, -0.2) is 15.8 Å². The molecular weight excluding hydrogens is 300 g/mol. The molecule has 3 nitrogen and oxygen atoms in total. The lowest BCUT2D eigenvalue weighted by atomic mass is 10.0. The molecule has 0 bridgehead atoms. The van der Waals surface area contributed by atoms with Gasteiger partial charge in [-0.1, -0.05) is 6.92 Å². The summed E-state index contributed by atoms with van der Waals surface area (Å²) in [4.78, 5) is 0.